The zero-order valence-corrected chi connectivity index (χ0v) is 32.9. The quantitative estimate of drug-likeness (QED) is 0.0976. The highest BCUT2D eigenvalue weighted by Gasteiger charge is 2.48. The molecule has 0 aliphatic carbocycles. The highest BCUT2D eigenvalue weighted by molar-refractivity contribution is 5.83. The number of alkyl halides is 6. The van der Waals surface area contributed by atoms with Crippen LogP contribution in [0.25, 0.3) is 11.5 Å². The maximum Gasteiger partial charge on any atom is 0.470 e. The minimum absolute atomic E-state index is 0.193. The van der Waals surface area contributed by atoms with Gasteiger partial charge in [0.25, 0.3) is 0 Å². The summed E-state index contributed by atoms with van der Waals surface area (Å²) >= 11 is 0. The van der Waals surface area contributed by atoms with Crippen molar-refractivity contribution in [2.45, 2.75) is 77.2 Å². The average Bonchev–Trinajstić information content (AvgIpc) is 3.89. The normalized spacial score (nSPS) is 18.9. The Morgan fingerprint density at radius 1 is 0.949 bits per heavy atom. The monoisotopic (exact) mass is 832 g/mol. The van der Waals surface area contributed by atoms with E-state index in [1.165, 1.54) is 6.92 Å². The number of urea groups is 1. The van der Waals surface area contributed by atoms with Crippen molar-refractivity contribution >= 4 is 17.6 Å². The summed E-state index contributed by atoms with van der Waals surface area (Å²) in [5.41, 5.74) is 4.65. The van der Waals surface area contributed by atoms with E-state index in [0.717, 1.165) is 23.1 Å². The predicted octanol–water partition coefficient (Wildman–Crippen LogP) is 7.45. The molecule has 1 aromatic heterocycles. The molecule has 0 radical (unpaired) electrons. The molecule has 3 aromatic carbocycles. The summed E-state index contributed by atoms with van der Waals surface area (Å²) in [6.07, 6.45) is -9.54. The molecule has 2 amide bonds. The number of carbonyl (C=O) groups excluding carboxylic acids is 1. The number of carbonyl (C=O) groups is 1. The second-order valence-electron chi connectivity index (χ2n) is 14.5. The lowest BCUT2D eigenvalue weighted by molar-refractivity contribution is -0.156. The van der Waals surface area contributed by atoms with Gasteiger partial charge in [0.1, 0.15) is 6.10 Å². The number of rotatable bonds is 14. The van der Waals surface area contributed by atoms with Crippen LogP contribution in [0.4, 0.5) is 36.8 Å². The molecule has 1 fully saturated rings. The molecule has 2 aliphatic rings. The number of anilines is 1. The van der Waals surface area contributed by atoms with Crippen LogP contribution in [0.1, 0.15) is 67.9 Å². The van der Waals surface area contributed by atoms with Gasteiger partial charge < -0.3 is 33.7 Å². The van der Waals surface area contributed by atoms with E-state index in [2.05, 4.69) is 20.7 Å². The summed E-state index contributed by atoms with van der Waals surface area (Å²) in [4.78, 5) is 21.0. The van der Waals surface area contributed by atoms with Crippen LogP contribution in [0.5, 0.6) is 0 Å². The molecule has 2 N–H and O–H groups in total. The number of hydrogen-bond donors (Lipinski definition) is 2. The van der Waals surface area contributed by atoms with E-state index in [-0.39, 0.29) is 38.2 Å². The van der Waals surface area contributed by atoms with E-state index in [4.69, 9.17) is 13.9 Å². The Labute approximate surface area is 337 Å². The summed E-state index contributed by atoms with van der Waals surface area (Å²) in [7, 11) is 1.81. The summed E-state index contributed by atoms with van der Waals surface area (Å²) < 4.78 is 94.6. The highest BCUT2D eigenvalue weighted by Crippen LogP contribution is 2.34. The lowest BCUT2D eigenvalue weighted by Crippen LogP contribution is -2.49. The van der Waals surface area contributed by atoms with Crippen LogP contribution < -0.4 is 10.3 Å². The topological polar surface area (TPSA) is 132 Å². The third-order valence-corrected chi connectivity index (χ3v) is 9.94. The van der Waals surface area contributed by atoms with E-state index >= 15 is 0 Å². The van der Waals surface area contributed by atoms with Crippen molar-refractivity contribution in [1.82, 2.24) is 30.3 Å². The van der Waals surface area contributed by atoms with Gasteiger partial charge in [-0.15, -0.1) is 15.3 Å². The van der Waals surface area contributed by atoms with Gasteiger partial charge in [0.2, 0.25) is 11.6 Å². The van der Waals surface area contributed by atoms with Crippen molar-refractivity contribution in [3.05, 3.63) is 101 Å². The SMILES string of the molecule is CCCN(Cc1ccc(-c2nnc(C(F)(F)F)o2)cc1)C(=O)N1CCOC(c2cccc(N(Cc3ccc(C4(C)NN=C(C(F)(F)F)O4)cc3)C(O)N(C)CCC)c2)C1. The minimum Gasteiger partial charge on any atom is -0.441 e. The fourth-order valence-corrected chi connectivity index (χ4v) is 6.85. The number of benzene rings is 3. The van der Waals surface area contributed by atoms with E-state index < -0.39 is 42.3 Å². The summed E-state index contributed by atoms with van der Waals surface area (Å²) in [6.45, 7) is 7.87. The van der Waals surface area contributed by atoms with Crippen LogP contribution in [0, 0.1) is 0 Å². The number of aliphatic hydroxyl groups excluding tert-OH is 1. The van der Waals surface area contributed by atoms with Crippen molar-refractivity contribution < 1.29 is 50.1 Å². The molecule has 6 rings (SSSR count). The third-order valence-electron chi connectivity index (χ3n) is 9.94. The Hall–Kier alpha value is -5.40. The van der Waals surface area contributed by atoms with Gasteiger partial charge in [-0.2, -0.15) is 26.3 Å². The number of nitrogens with zero attached hydrogens (tertiary/aromatic N) is 7. The van der Waals surface area contributed by atoms with Crippen LogP contribution in [-0.4, -0.2) is 94.3 Å². The van der Waals surface area contributed by atoms with Gasteiger partial charge in [-0.1, -0.05) is 62.4 Å². The molecular formula is C40H46F6N8O5. The van der Waals surface area contributed by atoms with E-state index in [9.17, 15) is 36.2 Å². The van der Waals surface area contributed by atoms with Crippen molar-refractivity contribution in [1.29, 1.82) is 0 Å². The van der Waals surface area contributed by atoms with Crippen molar-refractivity contribution in [3.8, 4) is 11.5 Å². The summed E-state index contributed by atoms with van der Waals surface area (Å²) in [6, 6.07) is 20.7. The van der Waals surface area contributed by atoms with E-state index in [0.29, 0.717) is 42.9 Å². The van der Waals surface area contributed by atoms with Gasteiger partial charge in [0.05, 0.1) is 13.2 Å². The van der Waals surface area contributed by atoms with Crippen LogP contribution >= 0.6 is 0 Å². The van der Waals surface area contributed by atoms with Crippen LogP contribution in [0.15, 0.2) is 82.3 Å². The van der Waals surface area contributed by atoms with Gasteiger partial charge in [-0.3, -0.25) is 10.3 Å². The standard InChI is InChI=1S/C40H46F6N8O5/c1-5-18-51(4)36(55)54(24-27-12-16-30(17-13-27)38(3)50-49-35(59-38)40(44,45)46)31-9-7-8-29(22-31)32-25-53(20-21-57-32)37(56)52(19-6-2)23-26-10-14-28(15-11-26)33-47-48-34(58-33)39(41,42)43/h7-17,22,32,36,50,55H,5-6,18-21,23-25H2,1-4H3. The maximum atomic E-state index is 14.0. The molecule has 3 atom stereocenters. The molecule has 2 aliphatic heterocycles. The molecule has 13 nitrogen and oxygen atoms in total. The molecule has 4 aromatic rings. The van der Waals surface area contributed by atoms with Crippen LogP contribution in [0.3, 0.4) is 0 Å². The molecule has 0 saturated carbocycles. The van der Waals surface area contributed by atoms with Gasteiger partial charge in [-0.25, -0.2) is 4.79 Å². The molecular weight excluding hydrogens is 786 g/mol. The zero-order chi connectivity index (χ0) is 42.5. The highest BCUT2D eigenvalue weighted by atomic mass is 19.4. The van der Waals surface area contributed by atoms with Gasteiger partial charge in [-0.05, 0) is 60.8 Å². The number of amides is 2. The smallest absolute Gasteiger partial charge is 0.441 e. The largest absolute Gasteiger partial charge is 0.470 e. The van der Waals surface area contributed by atoms with Crippen molar-refractivity contribution in [3.63, 3.8) is 0 Å². The molecule has 0 spiro atoms. The van der Waals surface area contributed by atoms with Crippen molar-refractivity contribution in [2.24, 2.45) is 5.10 Å². The number of aromatic nitrogens is 2. The molecule has 318 valence electrons. The average molecular weight is 833 g/mol. The third kappa shape index (κ3) is 10.3. The molecule has 1 saturated heterocycles. The summed E-state index contributed by atoms with van der Waals surface area (Å²) in [5, 5.41) is 21.5. The molecule has 3 unspecified atom stereocenters. The number of halogens is 6. The number of aliphatic hydroxyl groups is 1. The van der Waals surface area contributed by atoms with E-state index in [1.54, 1.807) is 75.2 Å². The summed E-state index contributed by atoms with van der Waals surface area (Å²) in [5.74, 6) is -3.05. The number of nitrogens with one attached hydrogen (secondary N) is 1. The first kappa shape index (κ1) is 43.2. The number of morpholine rings is 1. The molecule has 19 heteroatoms. The van der Waals surface area contributed by atoms with Crippen molar-refractivity contribution in [2.75, 3.05) is 44.7 Å². The molecule has 59 heavy (non-hydrogen) atoms. The fraction of sp³-hybridized carbons (Fsp3) is 0.450. The first-order chi connectivity index (χ1) is 28.0. The Morgan fingerprint density at radius 2 is 1.63 bits per heavy atom. The van der Waals surface area contributed by atoms with E-state index in [1.807, 2.05) is 38.1 Å². The second kappa shape index (κ2) is 17.8. The predicted molar refractivity (Wildman–Crippen MR) is 204 cm³/mol. The Morgan fingerprint density at radius 3 is 2.25 bits per heavy atom. The Bertz CT molecular complexity index is 2060. The lowest BCUT2D eigenvalue weighted by atomic mass is 10.0. The minimum atomic E-state index is -4.75. The maximum absolute atomic E-state index is 14.0. The van der Waals surface area contributed by atoms with Gasteiger partial charge >= 0.3 is 30.2 Å². The Balaban J connectivity index is 1.15. The molecule has 3 heterocycles. The van der Waals surface area contributed by atoms with Gasteiger partial charge in [0, 0.05) is 56.5 Å². The number of ether oxygens (including phenoxy) is 2. The number of hydrazone groups is 1. The van der Waals surface area contributed by atoms with Gasteiger partial charge in [0.15, 0.2) is 6.35 Å². The van der Waals surface area contributed by atoms with Crippen LogP contribution in [0.2, 0.25) is 0 Å². The zero-order valence-electron chi connectivity index (χ0n) is 32.9. The first-order valence-electron chi connectivity index (χ1n) is 19.1. The second-order valence-corrected chi connectivity index (χ2v) is 14.5. The first-order valence-corrected chi connectivity index (χ1v) is 19.1. The lowest BCUT2D eigenvalue weighted by Gasteiger charge is -2.38. The number of hydrogen-bond acceptors (Lipinski definition) is 11. The Kier molecular flexibility index (Phi) is 13.1. The fourth-order valence-electron chi connectivity index (χ4n) is 6.85. The molecule has 0 bridgehead atoms. The van der Waals surface area contributed by atoms with Crippen LogP contribution in [-0.2, 0) is 34.5 Å².